The lowest BCUT2D eigenvalue weighted by atomic mass is 10.0. The van der Waals surface area contributed by atoms with Crippen LogP contribution in [0.5, 0.6) is 0 Å². The molecule has 0 spiro atoms. The van der Waals surface area contributed by atoms with Crippen LogP contribution >= 0.6 is 0 Å². The predicted octanol–water partition coefficient (Wildman–Crippen LogP) is 4.12. The Bertz CT molecular complexity index is 505. The molecule has 0 aromatic heterocycles. The molecule has 1 heterocycles. The molecule has 5 nitrogen and oxygen atoms in total. The first kappa shape index (κ1) is 20.2. The van der Waals surface area contributed by atoms with Gasteiger partial charge in [0.25, 0.3) is 0 Å². The maximum Gasteiger partial charge on any atom is 0.349 e. The Labute approximate surface area is 144 Å². The third-order valence-corrected chi connectivity index (χ3v) is 3.77. The third-order valence-electron chi connectivity index (χ3n) is 3.77. The summed E-state index contributed by atoms with van der Waals surface area (Å²) < 4.78 is 5.06. The van der Waals surface area contributed by atoms with E-state index in [9.17, 15) is 9.59 Å². The second-order valence-electron chi connectivity index (χ2n) is 5.94. The highest BCUT2D eigenvalue weighted by molar-refractivity contribution is 6.24. The summed E-state index contributed by atoms with van der Waals surface area (Å²) in [6.45, 7) is 7.64. The van der Waals surface area contributed by atoms with Crippen LogP contribution in [0.25, 0.3) is 0 Å². The van der Waals surface area contributed by atoms with E-state index in [-0.39, 0.29) is 18.0 Å². The number of nitrogens with one attached hydrogen (secondary N) is 1. The Morgan fingerprint density at radius 2 is 1.88 bits per heavy atom. The van der Waals surface area contributed by atoms with Gasteiger partial charge in [0.05, 0.1) is 12.3 Å². The number of carbonyl (C=O) groups excluding carboxylic acids is 2. The molecule has 0 unspecified atom stereocenters. The first-order valence-corrected chi connectivity index (χ1v) is 8.76. The molecule has 134 valence electrons. The Morgan fingerprint density at radius 1 is 1.21 bits per heavy atom. The maximum absolute atomic E-state index is 12.1. The Balaban J connectivity index is 2.63. The van der Waals surface area contributed by atoms with Crippen molar-refractivity contribution in [1.82, 2.24) is 5.48 Å². The normalized spacial score (nSPS) is 16.5. The molecule has 1 aliphatic rings. The molecular formula is C19H29NO4. The standard InChI is InChI=1S/C19H29NO4/c1-4-6-7-8-9-10-11-12-16(20-23-13-5-2)18-17(21)14-15(3)24-19(18)22/h5,14,20H,2,4,6-13H2,1,3H3. The number of hydrogen-bond acceptors (Lipinski definition) is 5. The van der Waals surface area contributed by atoms with Crippen molar-refractivity contribution in [3.8, 4) is 0 Å². The van der Waals surface area contributed by atoms with Crippen molar-refractivity contribution in [1.29, 1.82) is 0 Å². The van der Waals surface area contributed by atoms with Crippen LogP contribution in [0.2, 0.25) is 0 Å². The number of cyclic esters (lactones) is 1. The first-order valence-electron chi connectivity index (χ1n) is 8.76. The van der Waals surface area contributed by atoms with E-state index in [4.69, 9.17) is 9.57 Å². The number of hydrogen-bond donors (Lipinski definition) is 1. The summed E-state index contributed by atoms with van der Waals surface area (Å²) in [5.74, 6) is -0.639. The van der Waals surface area contributed by atoms with Gasteiger partial charge < -0.3 is 4.74 Å². The smallest absolute Gasteiger partial charge is 0.349 e. The Kier molecular flexibility index (Phi) is 9.77. The van der Waals surface area contributed by atoms with E-state index in [2.05, 4.69) is 19.0 Å². The minimum absolute atomic E-state index is 0.0376. The lowest BCUT2D eigenvalue weighted by molar-refractivity contribution is -0.137. The zero-order valence-electron chi connectivity index (χ0n) is 14.9. The van der Waals surface area contributed by atoms with E-state index >= 15 is 0 Å². The van der Waals surface area contributed by atoms with Gasteiger partial charge in [0.15, 0.2) is 5.78 Å². The summed E-state index contributed by atoms with van der Waals surface area (Å²) >= 11 is 0. The van der Waals surface area contributed by atoms with Crippen LogP contribution in [0.15, 0.2) is 35.8 Å². The average molecular weight is 335 g/mol. The SMILES string of the molecule is C=CCONC(CCCCCCCCC)=C1C(=O)C=C(C)OC1=O. The summed E-state index contributed by atoms with van der Waals surface area (Å²) in [7, 11) is 0. The molecule has 0 amide bonds. The molecule has 0 atom stereocenters. The van der Waals surface area contributed by atoms with Crippen molar-refractivity contribution in [3.05, 3.63) is 35.8 Å². The van der Waals surface area contributed by atoms with E-state index in [0.29, 0.717) is 17.9 Å². The van der Waals surface area contributed by atoms with E-state index in [1.807, 2.05) is 0 Å². The second kappa shape index (κ2) is 11.6. The van der Waals surface area contributed by atoms with Crippen molar-refractivity contribution < 1.29 is 19.2 Å². The summed E-state index contributed by atoms with van der Waals surface area (Å²) in [6, 6.07) is 0. The summed E-state index contributed by atoms with van der Waals surface area (Å²) in [5.41, 5.74) is 3.26. The molecule has 0 radical (unpaired) electrons. The molecule has 1 N–H and O–H groups in total. The van der Waals surface area contributed by atoms with Crippen LogP contribution < -0.4 is 5.48 Å². The van der Waals surface area contributed by atoms with Crippen molar-refractivity contribution >= 4 is 11.8 Å². The maximum atomic E-state index is 12.1. The number of ketones is 1. The van der Waals surface area contributed by atoms with Gasteiger partial charge in [-0.05, 0) is 19.8 Å². The second-order valence-corrected chi connectivity index (χ2v) is 5.94. The third kappa shape index (κ3) is 7.13. The molecule has 0 saturated heterocycles. The number of ether oxygens (including phenoxy) is 1. The Hall–Kier alpha value is -1.88. The quantitative estimate of drug-likeness (QED) is 0.145. The van der Waals surface area contributed by atoms with Gasteiger partial charge in [-0.2, -0.15) is 0 Å². The molecule has 0 aromatic rings. The highest BCUT2D eigenvalue weighted by atomic mass is 16.6. The monoisotopic (exact) mass is 335 g/mol. The number of carbonyl (C=O) groups is 2. The molecule has 0 saturated carbocycles. The fourth-order valence-electron chi connectivity index (χ4n) is 2.53. The van der Waals surface area contributed by atoms with Crippen LogP contribution in [-0.2, 0) is 19.2 Å². The van der Waals surface area contributed by atoms with Gasteiger partial charge >= 0.3 is 5.97 Å². The number of hydroxylamine groups is 1. The van der Waals surface area contributed by atoms with Crippen molar-refractivity contribution in [2.75, 3.05) is 6.61 Å². The molecule has 24 heavy (non-hydrogen) atoms. The van der Waals surface area contributed by atoms with Crippen molar-refractivity contribution in [3.63, 3.8) is 0 Å². The van der Waals surface area contributed by atoms with Crippen LogP contribution in [0.4, 0.5) is 0 Å². The molecule has 0 aromatic carbocycles. The van der Waals surface area contributed by atoms with Crippen LogP contribution in [0.3, 0.4) is 0 Å². The fraction of sp³-hybridized carbons (Fsp3) is 0.579. The van der Waals surface area contributed by atoms with Gasteiger partial charge in [0.1, 0.15) is 11.3 Å². The van der Waals surface area contributed by atoms with Crippen LogP contribution in [0, 0.1) is 0 Å². The van der Waals surface area contributed by atoms with Gasteiger partial charge in [-0.25, -0.2) is 4.79 Å². The minimum atomic E-state index is -0.618. The lowest BCUT2D eigenvalue weighted by Gasteiger charge is -2.17. The topological polar surface area (TPSA) is 64.6 Å². The van der Waals surface area contributed by atoms with E-state index in [0.717, 1.165) is 19.3 Å². The van der Waals surface area contributed by atoms with Gasteiger partial charge in [-0.1, -0.05) is 51.5 Å². The highest BCUT2D eigenvalue weighted by Gasteiger charge is 2.28. The molecule has 0 aliphatic carbocycles. The molecule has 0 fully saturated rings. The fourth-order valence-corrected chi connectivity index (χ4v) is 2.53. The van der Waals surface area contributed by atoms with Crippen molar-refractivity contribution in [2.24, 2.45) is 0 Å². The summed E-state index contributed by atoms with van der Waals surface area (Å²) in [5, 5.41) is 0. The lowest BCUT2D eigenvalue weighted by Crippen LogP contribution is -2.27. The van der Waals surface area contributed by atoms with Crippen molar-refractivity contribution in [2.45, 2.75) is 65.2 Å². The number of unbranched alkanes of at least 4 members (excludes halogenated alkanes) is 6. The molecule has 1 rings (SSSR count). The summed E-state index contributed by atoms with van der Waals surface area (Å²) in [4.78, 5) is 29.4. The average Bonchev–Trinajstić information content (AvgIpc) is 2.52. The first-order chi connectivity index (χ1) is 11.6. The van der Waals surface area contributed by atoms with E-state index < -0.39 is 5.97 Å². The predicted molar refractivity (Wildman–Crippen MR) is 93.8 cm³/mol. The molecular weight excluding hydrogens is 306 g/mol. The largest absolute Gasteiger partial charge is 0.427 e. The van der Waals surface area contributed by atoms with E-state index in [1.54, 1.807) is 13.0 Å². The van der Waals surface area contributed by atoms with Gasteiger partial charge in [0.2, 0.25) is 0 Å². The zero-order valence-corrected chi connectivity index (χ0v) is 14.9. The van der Waals surface area contributed by atoms with Gasteiger partial charge in [-0.15, -0.1) is 6.58 Å². The number of rotatable bonds is 12. The van der Waals surface area contributed by atoms with E-state index in [1.165, 1.54) is 31.8 Å². The highest BCUT2D eigenvalue weighted by Crippen LogP contribution is 2.20. The summed E-state index contributed by atoms with van der Waals surface area (Å²) in [6.07, 6.45) is 11.6. The Morgan fingerprint density at radius 3 is 2.50 bits per heavy atom. The van der Waals surface area contributed by atoms with Crippen LogP contribution in [-0.4, -0.2) is 18.4 Å². The number of esters is 1. The molecule has 5 heteroatoms. The van der Waals surface area contributed by atoms with Gasteiger partial charge in [0, 0.05) is 6.08 Å². The minimum Gasteiger partial charge on any atom is -0.427 e. The molecule has 1 aliphatic heterocycles. The van der Waals surface area contributed by atoms with Gasteiger partial charge in [-0.3, -0.25) is 15.1 Å². The number of allylic oxidation sites excluding steroid dienone is 3. The van der Waals surface area contributed by atoms with Crippen LogP contribution in [0.1, 0.15) is 65.2 Å². The zero-order chi connectivity index (χ0) is 17.8. The molecule has 0 bridgehead atoms.